The van der Waals surface area contributed by atoms with E-state index in [4.69, 9.17) is 4.74 Å². The van der Waals surface area contributed by atoms with Crippen molar-refractivity contribution >= 4 is 5.91 Å². The summed E-state index contributed by atoms with van der Waals surface area (Å²) in [6, 6.07) is 8.72. The summed E-state index contributed by atoms with van der Waals surface area (Å²) in [5, 5.41) is 6.57. The molecule has 1 aliphatic heterocycles. The number of ether oxygens (including phenoxy) is 1. The monoisotopic (exact) mass is 276 g/mol. The fourth-order valence-corrected chi connectivity index (χ4v) is 2.70. The van der Waals surface area contributed by atoms with Gasteiger partial charge in [-0.1, -0.05) is 18.2 Å². The number of hydrogen-bond donors (Lipinski definition) is 2. The number of methoxy groups -OCH3 is 1. The van der Waals surface area contributed by atoms with Gasteiger partial charge in [0.15, 0.2) is 0 Å². The third-order valence-corrected chi connectivity index (χ3v) is 3.79. The standard InChI is InChI=1S/C16H24N2O2/c1-12(10-14-7-5-9-16(19)18-14)17-11-13-6-3-4-8-15(13)20-2/h3-4,6,8,12,14,17H,5,7,9-11H2,1-2H3,(H,18,19)/t12-,14-/m0/s1. The number of piperidine rings is 1. The SMILES string of the molecule is COc1ccccc1CN[C@@H](C)C[C@@H]1CCCC(=O)N1. The minimum atomic E-state index is 0.193. The van der Waals surface area contributed by atoms with E-state index in [1.807, 2.05) is 18.2 Å². The molecule has 4 nitrogen and oxygen atoms in total. The zero-order valence-corrected chi connectivity index (χ0v) is 12.3. The van der Waals surface area contributed by atoms with Crippen LogP contribution in [0.15, 0.2) is 24.3 Å². The molecule has 2 N–H and O–H groups in total. The van der Waals surface area contributed by atoms with Crippen molar-refractivity contribution < 1.29 is 9.53 Å². The van der Waals surface area contributed by atoms with Crippen molar-refractivity contribution in [2.75, 3.05) is 7.11 Å². The molecule has 20 heavy (non-hydrogen) atoms. The van der Waals surface area contributed by atoms with E-state index in [9.17, 15) is 4.79 Å². The van der Waals surface area contributed by atoms with E-state index in [0.717, 1.165) is 37.1 Å². The van der Waals surface area contributed by atoms with E-state index >= 15 is 0 Å². The molecule has 0 spiro atoms. The Kier molecular flexibility index (Phi) is 5.41. The summed E-state index contributed by atoms with van der Waals surface area (Å²) in [7, 11) is 1.69. The highest BCUT2D eigenvalue weighted by Gasteiger charge is 2.19. The molecule has 2 atom stereocenters. The molecular formula is C16H24N2O2. The van der Waals surface area contributed by atoms with Crippen LogP contribution in [-0.4, -0.2) is 25.1 Å². The van der Waals surface area contributed by atoms with E-state index in [2.05, 4.69) is 23.6 Å². The maximum atomic E-state index is 11.4. The van der Waals surface area contributed by atoms with E-state index in [0.29, 0.717) is 18.5 Å². The number of carbonyl (C=O) groups excluding carboxylic acids is 1. The third kappa shape index (κ3) is 4.23. The molecular weight excluding hydrogens is 252 g/mol. The molecule has 1 aromatic rings. The van der Waals surface area contributed by atoms with Crippen LogP contribution in [0.5, 0.6) is 5.75 Å². The molecule has 1 amide bonds. The summed E-state index contributed by atoms with van der Waals surface area (Å²) in [4.78, 5) is 11.4. The molecule has 0 aromatic heterocycles. The highest BCUT2D eigenvalue weighted by Crippen LogP contribution is 2.18. The molecule has 0 saturated carbocycles. The van der Waals surface area contributed by atoms with Gasteiger partial charge in [-0.25, -0.2) is 0 Å². The van der Waals surface area contributed by atoms with Crippen LogP contribution in [0.25, 0.3) is 0 Å². The van der Waals surface area contributed by atoms with E-state index in [1.54, 1.807) is 7.11 Å². The first-order chi connectivity index (χ1) is 9.69. The van der Waals surface area contributed by atoms with E-state index < -0.39 is 0 Å². The van der Waals surface area contributed by atoms with Gasteiger partial charge in [0, 0.05) is 30.6 Å². The van der Waals surface area contributed by atoms with Gasteiger partial charge in [0.1, 0.15) is 5.75 Å². The second-order valence-corrected chi connectivity index (χ2v) is 5.49. The van der Waals surface area contributed by atoms with Gasteiger partial charge in [0.05, 0.1) is 7.11 Å². The minimum absolute atomic E-state index is 0.193. The molecule has 2 rings (SSSR count). The summed E-state index contributed by atoms with van der Waals surface area (Å²) >= 11 is 0. The number of amides is 1. The molecule has 1 aliphatic rings. The molecule has 0 bridgehead atoms. The van der Waals surface area contributed by atoms with Crippen LogP contribution >= 0.6 is 0 Å². The van der Waals surface area contributed by atoms with Gasteiger partial charge in [-0.2, -0.15) is 0 Å². The summed E-state index contributed by atoms with van der Waals surface area (Å²) in [5.74, 6) is 1.11. The lowest BCUT2D eigenvalue weighted by Gasteiger charge is -2.26. The van der Waals surface area contributed by atoms with Crippen molar-refractivity contribution in [1.82, 2.24) is 10.6 Å². The first-order valence-corrected chi connectivity index (χ1v) is 7.33. The maximum Gasteiger partial charge on any atom is 0.220 e. The smallest absolute Gasteiger partial charge is 0.220 e. The van der Waals surface area contributed by atoms with Gasteiger partial charge in [-0.05, 0) is 32.3 Å². The van der Waals surface area contributed by atoms with Gasteiger partial charge in [0.25, 0.3) is 0 Å². The Morgan fingerprint density at radius 3 is 3.00 bits per heavy atom. The van der Waals surface area contributed by atoms with Crippen molar-refractivity contribution in [3.8, 4) is 5.75 Å². The van der Waals surface area contributed by atoms with E-state index in [-0.39, 0.29) is 5.91 Å². The average molecular weight is 276 g/mol. The fourth-order valence-electron chi connectivity index (χ4n) is 2.70. The number of nitrogens with one attached hydrogen (secondary N) is 2. The Morgan fingerprint density at radius 1 is 1.45 bits per heavy atom. The Labute approximate surface area is 120 Å². The van der Waals surface area contributed by atoms with Crippen LogP contribution in [0.4, 0.5) is 0 Å². The normalized spacial score (nSPS) is 20.3. The lowest BCUT2D eigenvalue weighted by molar-refractivity contribution is -0.123. The number of carbonyl (C=O) groups is 1. The average Bonchev–Trinajstić information content (AvgIpc) is 2.45. The van der Waals surface area contributed by atoms with Crippen molar-refractivity contribution in [1.29, 1.82) is 0 Å². The molecule has 0 unspecified atom stereocenters. The second-order valence-electron chi connectivity index (χ2n) is 5.49. The van der Waals surface area contributed by atoms with Crippen LogP contribution in [0.3, 0.4) is 0 Å². The molecule has 0 aliphatic carbocycles. The quantitative estimate of drug-likeness (QED) is 0.837. The zero-order chi connectivity index (χ0) is 14.4. The Morgan fingerprint density at radius 2 is 2.25 bits per heavy atom. The largest absolute Gasteiger partial charge is 0.496 e. The van der Waals surface area contributed by atoms with Crippen molar-refractivity contribution in [2.45, 2.75) is 51.2 Å². The molecule has 4 heteroatoms. The molecule has 1 aromatic carbocycles. The maximum absolute atomic E-state index is 11.4. The van der Waals surface area contributed by atoms with Crippen molar-refractivity contribution in [2.24, 2.45) is 0 Å². The molecule has 1 heterocycles. The molecule has 1 saturated heterocycles. The number of rotatable bonds is 6. The Balaban J connectivity index is 1.79. The van der Waals surface area contributed by atoms with Crippen LogP contribution < -0.4 is 15.4 Å². The topological polar surface area (TPSA) is 50.4 Å². The molecule has 110 valence electrons. The zero-order valence-electron chi connectivity index (χ0n) is 12.3. The summed E-state index contributed by atoms with van der Waals surface area (Å²) < 4.78 is 5.34. The number of benzene rings is 1. The minimum Gasteiger partial charge on any atom is -0.496 e. The predicted molar refractivity (Wildman–Crippen MR) is 79.7 cm³/mol. The first-order valence-electron chi connectivity index (χ1n) is 7.33. The van der Waals surface area contributed by atoms with E-state index in [1.165, 1.54) is 0 Å². The summed E-state index contributed by atoms with van der Waals surface area (Å²) in [6.07, 6.45) is 3.75. The summed E-state index contributed by atoms with van der Waals surface area (Å²) in [5.41, 5.74) is 1.16. The molecule has 1 fully saturated rings. The number of para-hydroxylation sites is 1. The first kappa shape index (κ1) is 14.9. The lowest BCUT2D eigenvalue weighted by atomic mass is 9.98. The van der Waals surface area contributed by atoms with Gasteiger partial charge < -0.3 is 15.4 Å². The van der Waals surface area contributed by atoms with Gasteiger partial charge in [-0.3, -0.25) is 4.79 Å². The highest BCUT2D eigenvalue weighted by molar-refractivity contribution is 5.76. The third-order valence-electron chi connectivity index (χ3n) is 3.79. The highest BCUT2D eigenvalue weighted by atomic mass is 16.5. The second kappa shape index (κ2) is 7.29. The lowest BCUT2D eigenvalue weighted by Crippen LogP contribution is -2.42. The van der Waals surface area contributed by atoms with Crippen molar-refractivity contribution in [3.05, 3.63) is 29.8 Å². The van der Waals surface area contributed by atoms with Crippen LogP contribution in [0, 0.1) is 0 Å². The van der Waals surface area contributed by atoms with Crippen LogP contribution in [0.1, 0.15) is 38.2 Å². The van der Waals surface area contributed by atoms with Crippen LogP contribution in [0.2, 0.25) is 0 Å². The Hall–Kier alpha value is -1.55. The summed E-state index contributed by atoms with van der Waals surface area (Å²) in [6.45, 7) is 2.95. The van der Waals surface area contributed by atoms with Crippen LogP contribution in [-0.2, 0) is 11.3 Å². The Bertz CT molecular complexity index is 448. The van der Waals surface area contributed by atoms with Gasteiger partial charge >= 0.3 is 0 Å². The fraction of sp³-hybridized carbons (Fsp3) is 0.562. The predicted octanol–water partition coefficient (Wildman–Crippen LogP) is 2.23. The molecule has 0 radical (unpaired) electrons. The van der Waals surface area contributed by atoms with Gasteiger partial charge in [0.2, 0.25) is 5.91 Å². The number of hydrogen-bond acceptors (Lipinski definition) is 3. The van der Waals surface area contributed by atoms with Gasteiger partial charge in [-0.15, -0.1) is 0 Å². The van der Waals surface area contributed by atoms with Crippen molar-refractivity contribution in [3.63, 3.8) is 0 Å².